The molecule has 0 radical (unpaired) electrons. The van der Waals surface area contributed by atoms with Crippen LogP contribution in [0, 0.1) is 0 Å². The van der Waals surface area contributed by atoms with E-state index in [0.29, 0.717) is 5.69 Å². The summed E-state index contributed by atoms with van der Waals surface area (Å²) in [4.78, 5) is 5.47. The van der Waals surface area contributed by atoms with E-state index in [-0.39, 0.29) is 5.41 Å². The summed E-state index contributed by atoms with van der Waals surface area (Å²) >= 11 is 5.35. The maximum Gasteiger partial charge on any atom is 0.0684 e. The van der Waals surface area contributed by atoms with E-state index >= 15 is 0 Å². The molecule has 1 aromatic heterocycles. The van der Waals surface area contributed by atoms with E-state index in [1.165, 1.54) is 15.0 Å². The maximum absolute atomic E-state index is 5.98. The zero-order valence-corrected chi connectivity index (χ0v) is 15.0. The highest BCUT2D eigenvalue weighted by Crippen LogP contribution is 2.44. The van der Waals surface area contributed by atoms with Crippen LogP contribution in [0.2, 0.25) is 0 Å². The lowest BCUT2D eigenvalue weighted by atomic mass is 9.82. The van der Waals surface area contributed by atoms with Crippen molar-refractivity contribution in [2.75, 3.05) is 5.73 Å². The molecule has 3 rings (SSSR count). The number of benzene rings is 2. The molecule has 112 valence electrons. The fourth-order valence-electron chi connectivity index (χ4n) is 2.63. The number of nitrogens with two attached hydrogens (primary N) is 1. The highest BCUT2D eigenvalue weighted by atomic mass is 79.9. The van der Waals surface area contributed by atoms with Gasteiger partial charge in [-0.05, 0) is 57.9 Å². The van der Waals surface area contributed by atoms with Gasteiger partial charge in [0.25, 0.3) is 0 Å². The lowest BCUT2D eigenvalue weighted by Crippen LogP contribution is -2.17. The standard InChI is InChI=1S/C18H17BrN2S/c1-18(2,12-9-13(19)14(20)10-15(12)21-3)17-8-11-6-4-5-7-16(11)22-17/h4-10H,3,20H2,1-2H3. The van der Waals surface area contributed by atoms with Crippen molar-refractivity contribution in [3.63, 3.8) is 0 Å². The van der Waals surface area contributed by atoms with Gasteiger partial charge in [-0.25, -0.2) is 0 Å². The Hall–Kier alpha value is -1.65. The number of aliphatic imine (C=N–C) groups is 1. The highest BCUT2D eigenvalue weighted by Gasteiger charge is 2.28. The van der Waals surface area contributed by atoms with E-state index in [2.05, 4.69) is 77.9 Å². The van der Waals surface area contributed by atoms with Crippen LogP contribution in [0.5, 0.6) is 0 Å². The normalized spacial score (nSPS) is 11.8. The van der Waals surface area contributed by atoms with Gasteiger partial charge in [-0.2, -0.15) is 0 Å². The number of nitrogens with zero attached hydrogens (tertiary/aromatic N) is 1. The van der Waals surface area contributed by atoms with E-state index < -0.39 is 0 Å². The number of nitrogen functional groups attached to an aromatic ring is 1. The Kier molecular flexibility index (Phi) is 3.83. The van der Waals surface area contributed by atoms with E-state index in [0.717, 1.165) is 15.7 Å². The van der Waals surface area contributed by atoms with Gasteiger partial charge in [0.2, 0.25) is 0 Å². The van der Waals surface area contributed by atoms with Crippen LogP contribution in [-0.2, 0) is 5.41 Å². The predicted molar refractivity (Wildman–Crippen MR) is 102 cm³/mol. The van der Waals surface area contributed by atoms with Crippen molar-refractivity contribution in [1.82, 2.24) is 0 Å². The Bertz CT molecular complexity index is 832. The Morgan fingerprint density at radius 2 is 1.91 bits per heavy atom. The largest absolute Gasteiger partial charge is 0.398 e. The molecule has 0 aliphatic carbocycles. The Morgan fingerprint density at radius 1 is 1.18 bits per heavy atom. The van der Waals surface area contributed by atoms with Crippen LogP contribution in [0.1, 0.15) is 24.3 Å². The fourth-order valence-corrected chi connectivity index (χ4v) is 4.15. The molecular formula is C18H17BrN2S. The molecule has 22 heavy (non-hydrogen) atoms. The van der Waals surface area contributed by atoms with Gasteiger partial charge in [-0.1, -0.05) is 32.0 Å². The molecule has 2 aromatic carbocycles. The average Bonchev–Trinajstić information content (AvgIpc) is 2.94. The molecule has 2 nitrogen and oxygen atoms in total. The number of hydrogen-bond acceptors (Lipinski definition) is 3. The molecule has 0 aliphatic rings. The number of halogens is 1. The van der Waals surface area contributed by atoms with Crippen LogP contribution < -0.4 is 5.73 Å². The molecule has 0 bridgehead atoms. The summed E-state index contributed by atoms with van der Waals surface area (Å²) in [6.45, 7) is 8.12. The van der Waals surface area contributed by atoms with Crippen molar-refractivity contribution in [3.05, 3.63) is 57.4 Å². The molecule has 0 amide bonds. The molecule has 0 atom stereocenters. The molecule has 0 fully saturated rings. The lowest BCUT2D eigenvalue weighted by molar-refractivity contribution is 0.657. The van der Waals surface area contributed by atoms with E-state index in [1.54, 1.807) is 0 Å². The minimum Gasteiger partial charge on any atom is -0.398 e. The summed E-state index contributed by atoms with van der Waals surface area (Å²) in [6, 6.07) is 14.7. The third-order valence-electron chi connectivity index (χ3n) is 4.00. The zero-order chi connectivity index (χ0) is 15.9. The summed E-state index contributed by atoms with van der Waals surface area (Å²) in [5.74, 6) is 0. The molecule has 0 aliphatic heterocycles. The predicted octanol–water partition coefficient (Wildman–Crippen LogP) is 5.90. The van der Waals surface area contributed by atoms with Crippen LogP contribution >= 0.6 is 27.3 Å². The van der Waals surface area contributed by atoms with Crippen LogP contribution in [0.15, 0.2) is 51.9 Å². The minimum absolute atomic E-state index is 0.170. The van der Waals surface area contributed by atoms with Crippen molar-refractivity contribution in [2.45, 2.75) is 19.3 Å². The summed E-state index contributed by atoms with van der Waals surface area (Å²) in [7, 11) is 0. The van der Waals surface area contributed by atoms with Crippen LogP contribution in [-0.4, -0.2) is 6.72 Å². The van der Waals surface area contributed by atoms with Crippen molar-refractivity contribution >= 4 is 55.4 Å². The van der Waals surface area contributed by atoms with Gasteiger partial charge in [0.05, 0.1) is 5.69 Å². The van der Waals surface area contributed by atoms with E-state index in [1.807, 2.05) is 17.4 Å². The lowest BCUT2D eigenvalue weighted by Gasteiger charge is -2.26. The number of hydrogen-bond donors (Lipinski definition) is 1. The third kappa shape index (κ3) is 2.46. The van der Waals surface area contributed by atoms with Gasteiger partial charge in [-0.3, -0.25) is 4.99 Å². The molecule has 0 saturated heterocycles. The quantitative estimate of drug-likeness (QED) is 0.450. The van der Waals surface area contributed by atoms with Gasteiger partial charge >= 0.3 is 0 Å². The zero-order valence-electron chi connectivity index (χ0n) is 12.6. The van der Waals surface area contributed by atoms with Gasteiger partial charge in [0, 0.05) is 25.2 Å². The summed E-state index contributed by atoms with van der Waals surface area (Å²) in [6.07, 6.45) is 0. The number of rotatable bonds is 3. The van der Waals surface area contributed by atoms with E-state index in [9.17, 15) is 0 Å². The topological polar surface area (TPSA) is 38.4 Å². The number of thiophene rings is 1. The van der Waals surface area contributed by atoms with Gasteiger partial charge in [-0.15, -0.1) is 11.3 Å². The van der Waals surface area contributed by atoms with Gasteiger partial charge in [0.1, 0.15) is 0 Å². The number of anilines is 1. The first-order valence-electron chi connectivity index (χ1n) is 6.99. The highest BCUT2D eigenvalue weighted by molar-refractivity contribution is 9.10. The first-order valence-corrected chi connectivity index (χ1v) is 8.59. The summed E-state index contributed by atoms with van der Waals surface area (Å²) < 4.78 is 2.19. The second-order valence-corrected chi connectivity index (χ2v) is 7.76. The van der Waals surface area contributed by atoms with Gasteiger partial charge in [0.15, 0.2) is 0 Å². The molecular weight excluding hydrogens is 356 g/mol. The minimum atomic E-state index is -0.170. The van der Waals surface area contributed by atoms with Crippen LogP contribution in [0.3, 0.4) is 0 Å². The van der Waals surface area contributed by atoms with Crippen molar-refractivity contribution in [1.29, 1.82) is 0 Å². The monoisotopic (exact) mass is 372 g/mol. The fraction of sp³-hybridized carbons (Fsp3) is 0.167. The molecule has 1 heterocycles. The first-order chi connectivity index (χ1) is 10.4. The van der Waals surface area contributed by atoms with Crippen molar-refractivity contribution in [2.24, 2.45) is 4.99 Å². The van der Waals surface area contributed by atoms with Gasteiger partial charge < -0.3 is 5.73 Å². The molecule has 0 saturated carbocycles. The van der Waals surface area contributed by atoms with Crippen molar-refractivity contribution in [3.8, 4) is 0 Å². The van der Waals surface area contributed by atoms with Crippen molar-refractivity contribution < 1.29 is 0 Å². The maximum atomic E-state index is 5.98. The second kappa shape index (κ2) is 5.52. The third-order valence-corrected chi connectivity index (χ3v) is 6.13. The smallest absolute Gasteiger partial charge is 0.0684 e. The first kappa shape index (κ1) is 15.3. The van der Waals surface area contributed by atoms with Crippen LogP contribution in [0.25, 0.3) is 10.1 Å². The summed E-state index contributed by atoms with van der Waals surface area (Å²) in [5, 5.41) is 1.28. The molecule has 0 unspecified atom stereocenters. The average molecular weight is 373 g/mol. The SMILES string of the molecule is C=Nc1cc(N)c(Br)cc1C(C)(C)c1cc2ccccc2s1. The van der Waals surface area contributed by atoms with Crippen LogP contribution in [0.4, 0.5) is 11.4 Å². The Balaban J connectivity index is 2.20. The molecule has 2 N–H and O–H groups in total. The Labute approximate surface area is 142 Å². The molecule has 3 aromatic rings. The molecule has 4 heteroatoms. The molecule has 0 spiro atoms. The summed E-state index contributed by atoms with van der Waals surface area (Å²) in [5.41, 5.74) is 8.44. The van der Waals surface area contributed by atoms with E-state index in [4.69, 9.17) is 5.73 Å². The number of fused-ring (bicyclic) bond motifs is 1. The Morgan fingerprint density at radius 3 is 2.59 bits per heavy atom. The second-order valence-electron chi connectivity index (χ2n) is 5.82.